The first-order chi connectivity index (χ1) is 18.3. The molecule has 4 rings (SSSR count). The number of carboxylic acids is 1. The lowest BCUT2D eigenvalue weighted by molar-refractivity contribution is -0.138. The van der Waals surface area contributed by atoms with Gasteiger partial charge in [0.1, 0.15) is 25.2 Å². The molecule has 9 nitrogen and oxygen atoms in total. The molecule has 3 aromatic rings. The molecule has 3 aromatic carbocycles. The number of hydrogen-bond acceptors (Lipinski definition) is 5. The molecule has 0 bridgehead atoms. The Morgan fingerprint density at radius 3 is 2.00 bits per heavy atom. The normalized spacial score (nSPS) is 13.4. The van der Waals surface area contributed by atoms with E-state index in [9.17, 15) is 19.2 Å². The van der Waals surface area contributed by atoms with Gasteiger partial charge in [0, 0.05) is 12.3 Å². The highest BCUT2D eigenvalue weighted by atomic mass is 16.5. The van der Waals surface area contributed by atoms with Gasteiger partial charge in [-0.2, -0.15) is 0 Å². The van der Waals surface area contributed by atoms with Crippen LogP contribution in [0.4, 0.5) is 4.79 Å². The molecular weight excluding hydrogens is 486 g/mol. The number of alkyl carbamates (subject to hydrolysis) is 1. The number of carbonyl (C=O) groups is 4. The summed E-state index contributed by atoms with van der Waals surface area (Å²) in [5.41, 5.74) is 5.15. The largest absolute Gasteiger partial charge is 0.480 e. The molecule has 9 heteroatoms. The average molecular weight is 516 g/mol. The number of carbonyl (C=O) groups excluding carboxylic acids is 3. The lowest BCUT2D eigenvalue weighted by Crippen LogP contribution is -2.54. The van der Waals surface area contributed by atoms with Gasteiger partial charge in [0.2, 0.25) is 11.8 Å². The molecule has 0 spiro atoms. The van der Waals surface area contributed by atoms with E-state index in [2.05, 4.69) is 16.0 Å². The Kier molecular flexibility index (Phi) is 8.37. The quantitative estimate of drug-likeness (QED) is 0.328. The van der Waals surface area contributed by atoms with Gasteiger partial charge in [-0.3, -0.25) is 14.4 Å². The summed E-state index contributed by atoms with van der Waals surface area (Å²) >= 11 is 0. The lowest BCUT2D eigenvalue weighted by atomic mass is 9.98. The Balaban J connectivity index is 1.42. The fourth-order valence-corrected chi connectivity index (χ4v) is 4.54. The van der Waals surface area contributed by atoms with E-state index in [1.165, 1.54) is 6.92 Å². The van der Waals surface area contributed by atoms with Crippen molar-refractivity contribution in [3.8, 4) is 11.1 Å². The molecule has 3 amide bonds. The van der Waals surface area contributed by atoms with Gasteiger partial charge in [0.25, 0.3) is 0 Å². The van der Waals surface area contributed by atoms with Gasteiger partial charge in [0.15, 0.2) is 0 Å². The third kappa shape index (κ3) is 6.36. The SMILES string of the molecule is C[C@H](NC(=O)[C@H](Cc1ccccc1)NC(=O)OCC1c2ccccc2-c2ccccc21)C(=O)NCC(=O)O. The van der Waals surface area contributed by atoms with Gasteiger partial charge in [-0.25, -0.2) is 4.79 Å². The Labute approximate surface area is 220 Å². The van der Waals surface area contributed by atoms with E-state index in [4.69, 9.17) is 9.84 Å². The molecule has 0 unspecified atom stereocenters. The number of amides is 3. The van der Waals surface area contributed by atoms with Crippen molar-refractivity contribution < 1.29 is 29.0 Å². The van der Waals surface area contributed by atoms with Crippen LogP contribution in [0.1, 0.15) is 29.5 Å². The number of benzene rings is 3. The second kappa shape index (κ2) is 12.1. The van der Waals surface area contributed by atoms with Crippen LogP contribution in [0.2, 0.25) is 0 Å². The van der Waals surface area contributed by atoms with E-state index in [0.29, 0.717) is 0 Å². The Hall–Kier alpha value is -4.66. The summed E-state index contributed by atoms with van der Waals surface area (Å²) in [6.45, 7) is 0.958. The number of carboxylic acid groups (broad SMARTS) is 1. The molecule has 196 valence electrons. The zero-order valence-corrected chi connectivity index (χ0v) is 20.8. The predicted molar refractivity (Wildman–Crippen MR) is 140 cm³/mol. The summed E-state index contributed by atoms with van der Waals surface area (Å²) in [4.78, 5) is 48.8. The molecule has 38 heavy (non-hydrogen) atoms. The minimum Gasteiger partial charge on any atom is -0.480 e. The maximum atomic E-state index is 13.0. The van der Waals surface area contributed by atoms with Crippen molar-refractivity contribution in [3.63, 3.8) is 0 Å². The summed E-state index contributed by atoms with van der Waals surface area (Å²) in [6, 6.07) is 23.1. The number of rotatable bonds is 10. The highest BCUT2D eigenvalue weighted by Crippen LogP contribution is 2.44. The van der Waals surface area contributed by atoms with Crippen LogP contribution >= 0.6 is 0 Å². The van der Waals surface area contributed by atoms with Gasteiger partial charge >= 0.3 is 12.1 Å². The van der Waals surface area contributed by atoms with Crippen LogP contribution in [0.25, 0.3) is 11.1 Å². The zero-order valence-electron chi connectivity index (χ0n) is 20.8. The van der Waals surface area contributed by atoms with Crippen molar-refractivity contribution in [2.45, 2.75) is 31.3 Å². The van der Waals surface area contributed by atoms with Crippen molar-refractivity contribution in [1.29, 1.82) is 0 Å². The Morgan fingerprint density at radius 1 is 0.816 bits per heavy atom. The molecule has 2 atom stereocenters. The molecule has 0 saturated heterocycles. The molecule has 0 fully saturated rings. The topological polar surface area (TPSA) is 134 Å². The monoisotopic (exact) mass is 515 g/mol. The smallest absolute Gasteiger partial charge is 0.407 e. The third-order valence-corrected chi connectivity index (χ3v) is 6.40. The van der Waals surface area contributed by atoms with Crippen molar-refractivity contribution in [3.05, 3.63) is 95.6 Å². The molecule has 0 aromatic heterocycles. The van der Waals surface area contributed by atoms with Gasteiger partial charge in [0.05, 0.1) is 0 Å². The number of fused-ring (bicyclic) bond motifs is 3. The predicted octanol–water partition coefficient (Wildman–Crippen LogP) is 2.84. The van der Waals surface area contributed by atoms with Crippen LogP contribution in [0.5, 0.6) is 0 Å². The standard InChI is InChI=1S/C29H29N3O6/c1-18(27(35)30-16-26(33)34)31-28(36)25(15-19-9-3-2-4-10-19)32-29(37)38-17-24-22-13-7-5-11-20(22)21-12-6-8-14-23(21)24/h2-14,18,24-25H,15-17H2,1H3,(H,30,35)(H,31,36)(H,32,37)(H,33,34)/t18-,25-/m0/s1. The first kappa shape index (κ1) is 26.4. The first-order valence-electron chi connectivity index (χ1n) is 12.3. The van der Waals surface area contributed by atoms with Gasteiger partial charge < -0.3 is 25.8 Å². The third-order valence-electron chi connectivity index (χ3n) is 6.40. The summed E-state index contributed by atoms with van der Waals surface area (Å²) in [5, 5.41) is 16.1. The molecule has 0 heterocycles. The van der Waals surface area contributed by atoms with Crippen LogP contribution in [-0.4, -0.2) is 54.2 Å². The van der Waals surface area contributed by atoms with Crippen molar-refractivity contribution in [1.82, 2.24) is 16.0 Å². The number of nitrogens with one attached hydrogen (secondary N) is 3. The molecule has 4 N–H and O–H groups in total. The Morgan fingerprint density at radius 2 is 1.39 bits per heavy atom. The molecule has 0 radical (unpaired) electrons. The van der Waals surface area contributed by atoms with Crippen LogP contribution in [0, 0.1) is 0 Å². The van der Waals surface area contributed by atoms with Crippen LogP contribution in [0.15, 0.2) is 78.9 Å². The molecule has 1 aliphatic rings. The molecular formula is C29H29N3O6. The van der Waals surface area contributed by atoms with Gasteiger partial charge in [-0.15, -0.1) is 0 Å². The van der Waals surface area contributed by atoms with E-state index in [-0.39, 0.29) is 18.9 Å². The minimum absolute atomic E-state index is 0.0908. The van der Waals surface area contributed by atoms with E-state index >= 15 is 0 Å². The van der Waals surface area contributed by atoms with Crippen molar-refractivity contribution in [2.24, 2.45) is 0 Å². The van der Waals surface area contributed by atoms with Gasteiger partial charge in [-0.1, -0.05) is 78.9 Å². The van der Waals surface area contributed by atoms with Crippen LogP contribution in [0.3, 0.4) is 0 Å². The second-order valence-corrected chi connectivity index (χ2v) is 9.05. The number of aliphatic carboxylic acids is 1. The molecule has 0 aliphatic heterocycles. The Bertz CT molecular complexity index is 1280. The molecule has 0 saturated carbocycles. The van der Waals surface area contributed by atoms with E-state index in [1.807, 2.05) is 78.9 Å². The summed E-state index contributed by atoms with van der Waals surface area (Å²) in [5.74, 6) is -2.58. The van der Waals surface area contributed by atoms with Crippen molar-refractivity contribution in [2.75, 3.05) is 13.2 Å². The fourth-order valence-electron chi connectivity index (χ4n) is 4.54. The highest BCUT2D eigenvalue weighted by Gasteiger charge is 2.30. The zero-order chi connectivity index (χ0) is 27.1. The summed E-state index contributed by atoms with van der Waals surface area (Å²) in [6.07, 6.45) is -0.591. The first-order valence-corrected chi connectivity index (χ1v) is 12.3. The van der Waals surface area contributed by atoms with E-state index in [0.717, 1.165) is 27.8 Å². The summed E-state index contributed by atoms with van der Waals surface area (Å²) in [7, 11) is 0. The van der Waals surface area contributed by atoms with Crippen LogP contribution < -0.4 is 16.0 Å². The maximum Gasteiger partial charge on any atom is 0.407 e. The molecule has 1 aliphatic carbocycles. The number of ether oxygens (including phenoxy) is 1. The lowest BCUT2D eigenvalue weighted by Gasteiger charge is -2.22. The second-order valence-electron chi connectivity index (χ2n) is 9.05. The fraction of sp³-hybridized carbons (Fsp3) is 0.241. The van der Waals surface area contributed by atoms with Gasteiger partial charge in [-0.05, 0) is 34.7 Å². The van der Waals surface area contributed by atoms with E-state index in [1.54, 1.807) is 0 Å². The average Bonchev–Trinajstić information content (AvgIpc) is 3.24. The highest BCUT2D eigenvalue weighted by molar-refractivity contribution is 5.92. The van der Waals surface area contributed by atoms with Crippen molar-refractivity contribution >= 4 is 23.9 Å². The number of hydrogen-bond donors (Lipinski definition) is 4. The summed E-state index contributed by atoms with van der Waals surface area (Å²) < 4.78 is 5.60. The maximum absolute atomic E-state index is 13.0. The van der Waals surface area contributed by atoms with E-state index < -0.39 is 42.5 Å². The van der Waals surface area contributed by atoms with Crippen LogP contribution in [-0.2, 0) is 25.5 Å². The minimum atomic E-state index is -1.20.